The molecule has 0 radical (unpaired) electrons. The summed E-state index contributed by atoms with van der Waals surface area (Å²) in [5.74, 6) is 1.72. The zero-order chi connectivity index (χ0) is 18.4. The Kier molecular flexibility index (Phi) is 5.70. The summed E-state index contributed by atoms with van der Waals surface area (Å²) < 4.78 is 15.6. The van der Waals surface area contributed by atoms with Crippen molar-refractivity contribution < 1.29 is 18.8 Å². The molecule has 3 aromatic rings. The highest BCUT2D eigenvalue weighted by Gasteiger charge is 2.10. The molecule has 0 fully saturated rings. The van der Waals surface area contributed by atoms with Gasteiger partial charge in [0.2, 0.25) is 11.7 Å². The molecule has 0 aliphatic carbocycles. The van der Waals surface area contributed by atoms with Crippen LogP contribution in [-0.2, 0) is 11.3 Å². The highest BCUT2D eigenvalue weighted by atomic mass is 35.5. The third-order valence-corrected chi connectivity index (χ3v) is 3.69. The standard InChI is InChI=1S/C18H16ClN3O4/c1-24-14-6-8-15(9-7-14)25-11-16(23)20-10-17-21-18(22-26-17)12-2-4-13(19)5-3-12/h2-9H,10-11H2,1H3,(H,20,23). The second-order valence-corrected chi connectivity index (χ2v) is 5.70. The lowest BCUT2D eigenvalue weighted by atomic mass is 10.2. The minimum absolute atomic E-state index is 0.116. The number of carbonyl (C=O) groups is 1. The minimum Gasteiger partial charge on any atom is -0.497 e. The summed E-state index contributed by atoms with van der Waals surface area (Å²) >= 11 is 5.85. The molecule has 0 unspecified atom stereocenters. The number of ether oxygens (including phenoxy) is 2. The van der Waals surface area contributed by atoms with Crippen molar-refractivity contribution in [2.24, 2.45) is 0 Å². The second kappa shape index (κ2) is 8.35. The van der Waals surface area contributed by atoms with Gasteiger partial charge in [0.15, 0.2) is 6.61 Å². The maximum atomic E-state index is 11.9. The van der Waals surface area contributed by atoms with E-state index in [1.807, 2.05) is 0 Å². The van der Waals surface area contributed by atoms with Crippen LogP contribution in [0.4, 0.5) is 0 Å². The van der Waals surface area contributed by atoms with Crippen LogP contribution < -0.4 is 14.8 Å². The average molecular weight is 374 g/mol. The summed E-state index contributed by atoms with van der Waals surface area (Å²) in [5.41, 5.74) is 0.776. The first kappa shape index (κ1) is 17.8. The van der Waals surface area contributed by atoms with E-state index in [0.717, 1.165) is 11.3 Å². The molecule has 0 saturated carbocycles. The van der Waals surface area contributed by atoms with Gasteiger partial charge in [-0.05, 0) is 48.5 Å². The van der Waals surface area contributed by atoms with Crippen LogP contribution in [0, 0.1) is 0 Å². The highest BCUT2D eigenvalue weighted by molar-refractivity contribution is 6.30. The van der Waals surface area contributed by atoms with Crippen LogP contribution in [0.1, 0.15) is 5.89 Å². The summed E-state index contributed by atoms with van der Waals surface area (Å²) in [6.07, 6.45) is 0. The molecule has 7 nitrogen and oxygen atoms in total. The first-order valence-electron chi connectivity index (χ1n) is 7.76. The SMILES string of the molecule is COc1ccc(OCC(=O)NCc2nc(-c3ccc(Cl)cc3)no2)cc1. The largest absolute Gasteiger partial charge is 0.497 e. The molecule has 0 aliphatic heterocycles. The molecule has 1 heterocycles. The Hall–Kier alpha value is -3.06. The van der Waals surface area contributed by atoms with Crippen LogP contribution in [0.5, 0.6) is 11.5 Å². The molecule has 0 saturated heterocycles. The monoisotopic (exact) mass is 373 g/mol. The van der Waals surface area contributed by atoms with Gasteiger partial charge >= 0.3 is 0 Å². The van der Waals surface area contributed by atoms with E-state index in [0.29, 0.717) is 22.5 Å². The summed E-state index contributed by atoms with van der Waals surface area (Å²) in [4.78, 5) is 16.1. The summed E-state index contributed by atoms with van der Waals surface area (Å²) in [6.45, 7) is -0.00406. The van der Waals surface area contributed by atoms with Gasteiger partial charge in [-0.3, -0.25) is 4.79 Å². The summed E-state index contributed by atoms with van der Waals surface area (Å²) in [6, 6.07) is 14.0. The fourth-order valence-corrected chi connectivity index (χ4v) is 2.21. The molecule has 3 rings (SSSR count). The van der Waals surface area contributed by atoms with Gasteiger partial charge in [-0.2, -0.15) is 4.98 Å². The van der Waals surface area contributed by atoms with E-state index in [-0.39, 0.29) is 19.1 Å². The fourth-order valence-electron chi connectivity index (χ4n) is 2.09. The van der Waals surface area contributed by atoms with Gasteiger partial charge in [-0.1, -0.05) is 16.8 Å². The van der Waals surface area contributed by atoms with Gasteiger partial charge in [0.1, 0.15) is 11.5 Å². The quantitative estimate of drug-likeness (QED) is 0.684. The van der Waals surface area contributed by atoms with Crippen molar-refractivity contribution in [3.05, 3.63) is 59.4 Å². The molecule has 0 aliphatic rings. The number of nitrogens with zero attached hydrogens (tertiary/aromatic N) is 2. The van der Waals surface area contributed by atoms with Crippen molar-refractivity contribution in [1.29, 1.82) is 0 Å². The topological polar surface area (TPSA) is 86.5 Å². The number of methoxy groups -OCH3 is 1. The van der Waals surface area contributed by atoms with Crippen LogP contribution in [0.3, 0.4) is 0 Å². The lowest BCUT2D eigenvalue weighted by molar-refractivity contribution is -0.123. The van der Waals surface area contributed by atoms with Crippen LogP contribution in [0.15, 0.2) is 53.1 Å². The van der Waals surface area contributed by atoms with Crippen molar-refractivity contribution in [1.82, 2.24) is 15.5 Å². The van der Waals surface area contributed by atoms with Crippen molar-refractivity contribution in [3.63, 3.8) is 0 Å². The molecular formula is C18H16ClN3O4. The molecule has 8 heteroatoms. The average Bonchev–Trinajstić information content (AvgIpc) is 3.14. The zero-order valence-corrected chi connectivity index (χ0v) is 14.7. The lowest BCUT2D eigenvalue weighted by Gasteiger charge is -2.06. The Morgan fingerprint density at radius 3 is 2.50 bits per heavy atom. The predicted octanol–water partition coefficient (Wildman–Crippen LogP) is 3.09. The molecule has 1 aromatic heterocycles. The number of hydrogen-bond donors (Lipinski definition) is 1. The van der Waals surface area contributed by atoms with E-state index in [1.165, 1.54) is 0 Å². The number of amides is 1. The van der Waals surface area contributed by atoms with Gasteiger partial charge in [0, 0.05) is 10.6 Å². The Morgan fingerprint density at radius 1 is 1.12 bits per heavy atom. The third kappa shape index (κ3) is 4.73. The van der Waals surface area contributed by atoms with Crippen molar-refractivity contribution in [2.75, 3.05) is 13.7 Å². The van der Waals surface area contributed by atoms with Crippen LogP contribution in [0.2, 0.25) is 5.02 Å². The number of halogens is 1. The second-order valence-electron chi connectivity index (χ2n) is 5.26. The van der Waals surface area contributed by atoms with Crippen LogP contribution in [0.25, 0.3) is 11.4 Å². The van der Waals surface area contributed by atoms with Gasteiger partial charge in [0.25, 0.3) is 5.91 Å². The van der Waals surface area contributed by atoms with E-state index in [4.69, 9.17) is 25.6 Å². The van der Waals surface area contributed by atoms with Gasteiger partial charge in [-0.25, -0.2) is 0 Å². The molecule has 0 atom stereocenters. The Balaban J connectivity index is 1.47. The number of rotatable bonds is 7. The van der Waals surface area contributed by atoms with E-state index >= 15 is 0 Å². The highest BCUT2D eigenvalue weighted by Crippen LogP contribution is 2.19. The van der Waals surface area contributed by atoms with E-state index in [2.05, 4.69) is 15.5 Å². The first-order valence-corrected chi connectivity index (χ1v) is 8.14. The van der Waals surface area contributed by atoms with Crippen molar-refractivity contribution in [3.8, 4) is 22.9 Å². The summed E-state index contributed by atoms with van der Waals surface area (Å²) in [7, 11) is 1.58. The zero-order valence-electron chi connectivity index (χ0n) is 13.9. The van der Waals surface area contributed by atoms with E-state index in [9.17, 15) is 4.79 Å². The number of nitrogens with one attached hydrogen (secondary N) is 1. The maximum absolute atomic E-state index is 11.9. The normalized spacial score (nSPS) is 10.4. The van der Waals surface area contributed by atoms with Gasteiger partial charge in [-0.15, -0.1) is 0 Å². The molecular weight excluding hydrogens is 358 g/mol. The first-order chi connectivity index (χ1) is 12.6. The molecule has 0 spiro atoms. The Morgan fingerprint density at radius 2 is 1.81 bits per heavy atom. The van der Waals surface area contributed by atoms with Crippen LogP contribution in [-0.4, -0.2) is 29.8 Å². The molecule has 1 N–H and O–H groups in total. The minimum atomic E-state index is -0.299. The Bertz CT molecular complexity index is 863. The molecule has 1 amide bonds. The number of hydrogen-bond acceptors (Lipinski definition) is 6. The molecule has 0 bridgehead atoms. The number of carbonyl (C=O) groups excluding carboxylic acids is 1. The van der Waals surface area contributed by atoms with E-state index < -0.39 is 0 Å². The Labute approximate surface area is 154 Å². The smallest absolute Gasteiger partial charge is 0.258 e. The van der Waals surface area contributed by atoms with Crippen molar-refractivity contribution >= 4 is 17.5 Å². The molecule has 26 heavy (non-hydrogen) atoms. The third-order valence-electron chi connectivity index (χ3n) is 3.44. The number of benzene rings is 2. The van der Waals surface area contributed by atoms with E-state index in [1.54, 1.807) is 55.6 Å². The van der Waals surface area contributed by atoms with Crippen molar-refractivity contribution in [2.45, 2.75) is 6.54 Å². The lowest BCUT2D eigenvalue weighted by Crippen LogP contribution is -2.28. The van der Waals surface area contributed by atoms with Gasteiger partial charge in [0.05, 0.1) is 13.7 Å². The summed E-state index contributed by atoms with van der Waals surface area (Å²) in [5, 5.41) is 7.17. The predicted molar refractivity (Wildman–Crippen MR) is 95.1 cm³/mol. The molecule has 134 valence electrons. The van der Waals surface area contributed by atoms with Crippen LogP contribution >= 0.6 is 11.6 Å². The van der Waals surface area contributed by atoms with Gasteiger partial charge < -0.3 is 19.3 Å². The number of aromatic nitrogens is 2. The molecule has 2 aromatic carbocycles. The maximum Gasteiger partial charge on any atom is 0.258 e. The fraction of sp³-hybridized carbons (Fsp3) is 0.167.